The zero-order valence-electron chi connectivity index (χ0n) is 12.6. The van der Waals surface area contributed by atoms with Crippen LogP contribution in [0.4, 0.5) is 0 Å². The van der Waals surface area contributed by atoms with Crippen LogP contribution >= 0.6 is 0 Å². The normalized spacial score (nSPS) is 12.0. The second kappa shape index (κ2) is 7.70. The standard InChI is InChI=1S/C18H22O3/c1-3-8-16(19)15-11-7-12-17(20-2)18(15)21-13-14-9-5-4-6-10-14/h4-7,9-12,16,19H,3,8,13H2,1-2H3. The highest BCUT2D eigenvalue weighted by Gasteiger charge is 2.17. The van der Waals surface area contributed by atoms with Crippen LogP contribution in [-0.2, 0) is 6.61 Å². The van der Waals surface area contributed by atoms with Crippen molar-refractivity contribution in [2.45, 2.75) is 32.5 Å². The van der Waals surface area contributed by atoms with E-state index in [0.29, 0.717) is 24.5 Å². The number of aliphatic hydroxyl groups excluding tert-OH is 1. The van der Waals surface area contributed by atoms with Crippen molar-refractivity contribution in [1.82, 2.24) is 0 Å². The average molecular weight is 286 g/mol. The lowest BCUT2D eigenvalue weighted by molar-refractivity contribution is 0.158. The summed E-state index contributed by atoms with van der Waals surface area (Å²) in [5.41, 5.74) is 1.87. The monoisotopic (exact) mass is 286 g/mol. The van der Waals surface area contributed by atoms with E-state index in [9.17, 15) is 5.11 Å². The SMILES string of the molecule is CCCC(O)c1cccc(OC)c1OCc1ccccc1. The van der Waals surface area contributed by atoms with Gasteiger partial charge in [-0.25, -0.2) is 0 Å². The molecular weight excluding hydrogens is 264 g/mol. The van der Waals surface area contributed by atoms with Gasteiger partial charge < -0.3 is 14.6 Å². The maximum Gasteiger partial charge on any atom is 0.167 e. The molecule has 3 heteroatoms. The fourth-order valence-corrected chi connectivity index (χ4v) is 2.27. The second-order valence-corrected chi connectivity index (χ2v) is 4.96. The molecule has 0 bridgehead atoms. The molecule has 2 rings (SSSR count). The number of hydrogen-bond donors (Lipinski definition) is 1. The molecule has 0 aliphatic carbocycles. The molecule has 0 spiro atoms. The van der Waals surface area contributed by atoms with E-state index in [4.69, 9.17) is 9.47 Å². The zero-order chi connectivity index (χ0) is 15.1. The van der Waals surface area contributed by atoms with E-state index in [-0.39, 0.29) is 0 Å². The van der Waals surface area contributed by atoms with Crippen LogP contribution < -0.4 is 9.47 Å². The van der Waals surface area contributed by atoms with Crippen molar-refractivity contribution in [3.05, 3.63) is 59.7 Å². The minimum absolute atomic E-state index is 0.451. The first-order valence-electron chi connectivity index (χ1n) is 7.28. The van der Waals surface area contributed by atoms with Gasteiger partial charge in [0.2, 0.25) is 0 Å². The molecular formula is C18H22O3. The third-order valence-electron chi connectivity index (χ3n) is 3.38. The van der Waals surface area contributed by atoms with E-state index in [1.54, 1.807) is 7.11 Å². The first kappa shape index (κ1) is 15.4. The Bertz CT molecular complexity index is 552. The molecule has 0 heterocycles. The number of rotatable bonds is 7. The van der Waals surface area contributed by atoms with Crippen LogP contribution in [0.2, 0.25) is 0 Å². The Morgan fingerprint density at radius 2 is 1.81 bits per heavy atom. The molecule has 2 aromatic rings. The largest absolute Gasteiger partial charge is 0.493 e. The second-order valence-electron chi connectivity index (χ2n) is 4.96. The van der Waals surface area contributed by atoms with Crippen LogP contribution in [0, 0.1) is 0 Å². The summed E-state index contributed by atoms with van der Waals surface area (Å²) in [5.74, 6) is 1.28. The van der Waals surface area contributed by atoms with E-state index in [1.807, 2.05) is 55.5 Å². The molecule has 0 amide bonds. The maximum atomic E-state index is 10.3. The van der Waals surface area contributed by atoms with Gasteiger partial charge in [-0.05, 0) is 18.1 Å². The number of benzene rings is 2. The van der Waals surface area contributed by atoms with Crippen molar-refractivity contribution >= 4 is 0 Å². The van der Waals surface area contributed by atoms with Gasteiger partial charge in [-0.2, -0.15) is 0 Å². The third-order valence-corrected chi connectivity index (χ3v) is 3.38. The van der Waals surface area contributed by atoms with Gasteiger partial charge in [0, 0.05) is 5.56 Å². The molecule has 1 unspecified atom stereocenters. The first-order chi connectivity index (χ1) is 10.3. The van der Waals surface area contributed by atoms with Crippen molar-refractivity contribution in [1.29, 1.82) is 0 Å². The predicted molar refractivity (Wildman–Crippen MR) is 83.6 cm³/mol. The molecule has 112 valence electrons. The predicted octanol–water partition coefficient (Wildman–Crippen LogP) is 4.11. The smallest absolute Gasteiger partial charge is 0.167 e. The summed E-state index contributed by atoms with van der Waals surface area (Å²) in [7, 11) is 1.61. The highest BCUT2D eigenvalue weighted by Crippen LogP contribution is 2.36. The van der Waals surface area contributed by atoms with E-state index < -0.39 is 6.10 Å². The minimum atomic E-state index is -0.532. The van der Waals surface area contributed by atoms with Crippen molar-refractivity contribution in [2.75, 3.05) is 7.11 Å². The van der Waals surface area contributed by atoms with Crippen molar-refractivity contribution in [3.8, 4) is 11.5 Å². The van der Waals surface area contributed by atoms with Crippen LogP contribution in [-0.4, -0.2) is 12.2 Å². The molecule has 1 atom stereocenters. The van der Waals surface area contributed by atoms with E-state index in [1.165, 1.54) is 0 Å². The van der Waals surface area contributed by atoms with Crippen molar-refractivity contribution in [3.63, 3.8) is 0 Å². The summed E-state index contributed by atoms with van der Waals surface area (Å²) in [5, 5.41) is 10.3. The lowest BCUT2D eigenvalue weighted by Gasteiger charge is -2.18. The van der Waals surface area contributed by atoms with Crippen LogP contribution in [0.25, 0.3) is 0 Å². The Morgan fingerprint density at radius 3 is 2.48 bits per heavy atom. The maximum absolute atomic E-state index is 10.3. The van der Waals surface area contributed by atoms with E-state index in [2.05, 4.69) is 0 Å². The summed E-state index contributed by atoms with van der Waals surface area (Å²) in [6, 6.07) is 15.6. The van der Waals surface area contributed by atoms with Gasteiger partial charge in [-0.3, -0.25) is 0 Å². The Labute approximate surface area is 126 Å². The van der Waals surface area contributed by atoms with Gasteiger partial charge in [0.05, 0.1) is 13.2 Å². The summed E-state index contributed by atoms with van der Waals surface area (Å²) in [4.78, 5) is 0. The van der Waals surface area contributed by atoms with Gasteiger partial charge in [-0.15, -0.1) is 0 Å². The number of ether oxygens (including phenoxy) is 2. The van der Waals surface area contributed by atoms with Crippen molar-refractivity contribution < 1.29 is 14.6 Å². The highest BCUT2D eigenvalue weighted by atomic mass is 16.5. The summed E-state index contributed by atoms with van der Waals surface area (Å²) >= 11 is 0. The van der Waals surface area contributed by atoms with Crippen LogP contribution in [0.15, 0.2) is 48.5 Å². The van der Waals surface area contributed by atoms with Gasteiger partial charge in [0.25, 0.3) is 0 Å². The van der Waals surface area contributed by atoms with Gasteiger partial charge >= 0.3 is 0 Å². The molecule has 0 aliphatic heterocycles. The fraction of sp³-hybridized carbons (Fsp3) is 0.333. The number of hydrogen-bond acceptors (Lipinski definition) is 3. The molecule has 0 aliphatic rings. The summed E-state index contributed by atoms with van der Waals surface area (Å²) < 4.78 is 11.3. The quantitative estimate of drug-likeness (QED) is 0.832. The number of aliphatic hydroxyl groups is 1. The Balaban J connectivity index is 2.23. The molecule has 0 saturated heterocycles. The van der Waals surface area contributed by atoms with E-state index in [0.717, 1.165) is 17.5 Å². The molecule has 1 N–H and O–H groups in total. The Kier molecular flexibility index (Phi) is 5.64. The minimum Gasteiger partial charge on any atom is -0.493 e. The highest BCUT2D eigenvalue weighted by molar-refractivity contribution is 5.47. The average Bonchev–Trinajstić information content (AvgIpc) is 2.53. The van der Waals surface area contributed by atoms with Gasteiger partial charge in [-0.1, -0.05) is 55.8 Å². The third kappa shape index (κ3) is 3.99. The zero-order valence-corrected chi connectivity index (χ0v) is 12.6. The first-order valence-corrected chi connectivity index (χ1v) is 7.28. The lowest BCUT2D eigenvalue weighted by atomic mass is 10.0. The molecule has 21 heavy (non-hydrogen) atoms. The molecule has 0 aromatic heterocycles. The van der Waals surface area contributed by atoms with Gasteiger partial charge in [0.15, 0.2) is 11.5 Å². The van der Waals surface area contributed by atoms with Crippen LogP contribution in [0.1, 0.15) is 37.0 Å². The number of para-hydroxylation sites is 1. The molecule has 0 saturated carbocycles. The lowest BCUT2D eigenvalue weighted by Crippen LogP contribution is -2.04. The van der Waals surface area contributed by atoms with Crippen molar-refractivity contribution in [2.24, 2.45) is 0 Å². The molecule has 2 aromatic carbocycles. The van der Waals surface area contributed by atoms with Crippen LogP contribution in [0.5, 0.6) is 11.5 Å². The summed E-state index contributed by atoms with van der Waals surface area (Å²) in [6.45, 7) is 2.50. The Hall–Kier alpha value is -2.00. The molecule has 0 fully saturated rings. The fourth-order valence-electron chi connectivity index (χ4n) is 2.27. The molecule has 3 nitrogen and oxygen atoms in total. The number of methoxy groups -OCH3 is 1. The van der Waals surface area contributed by atoms with E-state index >= 15 is 0 Å². The Morgan fingerprint density at radius 1 is 1.05 bits per heavy atom. The summed E-state index contributed by atoms with van der Waals surface area (Å²) in [6.07, 6.45) is 1.08. The topological polar surface area (TPSA) is 38.7 Å². The van der Waals surface area contributed by atoms with Gasteiger partial charge in [0.1, 0.15) is 6.61 Å². The molecule has 0 radical (unpaired) electrons. The van der Waals surface area contributed by atoms with Crippen LogP contribution in [0.3, 0.4) is 0 Å².